The molecule has 0 aliphatic heterocycles. The highest BCUT2D eigenvalue weighted by Gasteiger charge is 2.21. The van der Waals surface area contributed by atoms with Gasteiger partial charge in [0.15, 0.2) is 5.75 Å². The van der Waals surface area contributed by atoms with Crippen LogP contribution < -0.4 is 20.8 Å². The molecular weight excluding hydrogens is 416 g/mol. The molecule has 2 rings (SSSR count). The van der Waals surface area contributed by atoms with Crippen LogP contribution in [0.15, 0.2) is 46.3 Å². The van der Waals surface area contributed by atoms with Gasteiger partial charge in [0, 0.05) is 24.5 Å². The van der Waals surface area contributed by atoms with Gasteiger partial charge >= 0.3 is 5.97 Å². The molecule has 33 heavy (non-hydrogen) atoms. The van der Waals surface area contributed by atoms with Gasteiger partial charge in [-0.2, -0.15) is 0 Å². The highest BCUT2D eigenvalue weighted by Crippen LogP contribution is 2.34. The average Bonchev–Trinajstić information content (AvgIpc) is 2.74. The van der Waals surface area contributed by atoms with Crippen molar-refractivity contribution in [1.29, 1.82) is 0 Å². The molecule has 6 heteroatoms. The Kier molecular flexibility index (Phi) is 10.2. The maximum atomic E-state index is 13.4. The average molecular weight is 455 g/mol. The molecular formula is C27H38N2O4. The summed E-state index contributed by atoms with van der Waals surface area (Å²) in [6, 6.07) is 5.36. The molecule has 0 fully saturated rings. The number of esters is 1. The monoisotopic (exact) mass is 454 g/mol. The van der Waals surface area contributed by atoms with Crippen molar-refractivity contribution in [1.82, 2.24) is 4.57 Å². The zero-order chi connectivity index (χ0) is 24.4. The number of fused-ring (bicyclic) bond motifs is 1. The van der Waals surface area contributed by atoms with E-state index in [9.17, 15) is 9.59 Å². The number of hydrogen-bond donors (Lipinski definition) is 1. The van der Waals surface area contributed by atoms with Crippen LogP contribution in [0.2, 0.25) is 0 Å². The zero-order valence-corrected chi connectivity index (χ0v) is 20.7. The van der Waals surface area contributed by atoms with Gasteiger partial charge in [0.05, 0.1) is 5.52 Å². The summed E-state index contributed by atoms with van der Waals surface area (Å²) in [6.07, 6.45) is 10.2. The first-order chi connectivity index (χ1) is 15.7. The molecule has 0 bridgehead atoms. The predicted molar refractivity (Wildman–Crippen MR) is 136 cm³/mol. The lowest BCUT2D eigenvalue weighted by atomic mass is 10.1. The number of hydrogen-bond acceptors (Lipinski definition) is 5. The van der Waals surface area contributed by atoms with Gasteiger partial charge in [-0.25, -0.2) is 0 Å². The van der Waals surface area contributed by atoms with Gasteiger partial charge in [0.2, 0.25) is 5.75 Å². The van der Waals surface area contributed by atoms with Crippen LogP contribution in [0.25, 0.3) is 10.9 Å². The molecule has 0 amide bonds. The molecule has 0 unspecified atom stereocenters. The van der Waals surface area contributed by atoms with E-state index in [0.29, 0.717) is 23.1 Å². The van der Waals surface area contributed by atoms with Crippen LogP contribution in [0.1, 0.15) is 73.1 Å². The van der Waals surface area contributed by atoms with Gasteiger partial charge in [-0.3, -0.25) is 9.59 Å². The summed E-state index contributed by atoms with van der Waals surface area (Å²) in [7, 11) is 0. The lowest BCUT2D eigenvalue weighted by Gasteiger charge is -2.18. The summed E-state index contributed by atoms with van der Waals surface area (Å²) in [5.74, 6) is -0.341. The fourth-order valence-electron chi connectivity index (χ4n) is 3.67. The summed E-state index contributed by atoms with van der Waals surface area (Å²) in [5, 5.41) is 0.700. The highest BCUT2D eigenvalue weighted by atomic mass is 16.6. The van der Waals surface area contributed by atoms with E-state index < -0.39 is 5.97 Å². The van der Waals surface area contributed by atoms with E-state index in [1.807, 2.05) is 12.1 Å². The molecule has 1 aromatic carbocycles. The van der Waals surface area contributed by atoms with Crippen LogP contribution in [-0.4, -0.2) is 17.1 Å². The number of carbonyl (C=O) groups excluding carboxylic acids is 1. The number of anilines is 1. The molecule has 0 spiro atoms. The smallest absolute Gasteiger partial charge is 0.308 e. The van der Waals surface area contributed by atoms with Crippen LogP contribution in [-0.2, 0) is 11.3 Å². The second-order valence-electron chi connectivity index (χ2n) is 8.73. The Labute approximate surface area is 197 Å². The van der Waals surface area contributed by atoms with Crippen molar-refractivity contribution >= 4 is 22.6 Å². The van der Waals surface area contributed by atoms with Crippen LogP contribution in [0.3, 0.4) is 0 Å². The van der Waals surface area contributed by atoms with Gasteiger partial charge in [-0.1, -0.05) is 43.4 Å². The number of benzene rings is 1. The molecule has 2 aromatic rings. The second-order valence-corrected chi connectivity index (χ2v) is 8.73. The van der Waals surface area contributed by atoms with E-state index in [1.165, 1.54) is 18.1 Å². The normalized spacial score (nSPS) is 11.5. The second kappa shape index (κ2) is 12.9. The van der Waals surface area contributed by atoms with Gasteiger partial charge in [-0.05, 0) is 64.3 Å². The minimum atomic E-state index is -0.558. The van der Waals surface area contributed by atoms with Crippen LogP contribution in [0.5, 0.6) is 11.5 Å². The standard InChI is InChI=1S/C27H38N2O4/c1-6-7-8-9-16-29-24-18-22(28)13-14-23(24)25(26(27(29)31)33-21(5)30)32-17-15-20(4)12-10-11-19(2)3/h11,13-15,18H,6-10,12,16-17,28H2,1-5H3. The number of aromatic nitrogens is 1. The first-order valence-electron chi connectivity index (χ1n) is 11.8. The summed E-state index contributed by atoms with van der Waals surface area (Å²) < 4.78 is 13.1. The third kappa shape index (κ3) is 7.81. The lowest BCUT2D eigenvalue weighted by Crippen LogP contribution is -2.25. The molecule has 0 radical (unpaired) electrons. The van der Waals surface area contributed by atoms with Crippen molar-refractivity contribution < 1.29 is 14.3 Å². The van der Waals surface area contributed by atoms with Crippen LogP contribution >= 0.6 is 0 Å². The number of nitrogens with zero attached hydrogens (tertiary/aromatic N) is 1. The highest BCUT2D eigenvalue weighted by molar-refractivity contribution is 5.91. The molecule has 0 saturated heterocycles. The van der Waals surface area contributed by atoms with Crippen LogP contribution in [0.4, 0.5) is 5.69 Å². The topological polar surface area (TPSA) is 83.5 Å². The number of carbonyl (C=O) groups is 1. The number of nitrogens with two attached hydrogens (primary N) is 1. The van der Waals surface area contributed by atoms with Crippen molar-refractivity contribution in [2.45, 2.75) is 79.7 Å². The maximum absolute atomic E-state index is 13.4. The Hall–Kier alpha value is -3.02. The largest absolute Gasteiger partial charge is 0.485 e. The molecule has 6 nitrogen and oxygen atoms in total. The number of rotatable bonds is 12. The van der Waals surface area contributed by atoms with Gasteiger partial charge in [-0.15, -0.1) is 0 Å². The molecule has 0 atom stereocenters. The molecule has 1 aromatic heterocycles. The fourth-order valence-corrected chi connectivity index (χ4v) is 3.67. The fraction of sp³-hybridized carbons (Fsp3) is 0.481. The molecule has 1 heterocycles. The lowest BCUT2D eigenvalue weighted by molar-refractivity contribution is -0.132. The number of unbranched alkanes of at least 4 members (excludes halogenated alkanes) is 3. The molecule has 2 N–H and O–H groups in total. The third-order valence-corrected chi connectivity index (χ3v) is 5.43. The minimum Gasteiger partial charge on any atom is -0.485 e. The minimum absolute atomic E-state index is 0.0640. The maximum Gasteiger partial charge on any atom is 0.308 e. The molecule has 0 aliphatic carbocycles. The van der Waals surface area contributed by atoms with E-state index in [-0.39, 0.29) is 23.7 Å². The Bertz CT molecular complexity index is 1080. The molecule has 180 valence electrons. The Morgan fingerprint density at radius 3 is 2.48 bits per heavy atom. The quantitative estimate of drug-likeness (QED) is 0.180. The first kappa shape index (κ1) is 26.2. The van der Waals surface area contributed by atoms with E-state index in [2.05, 4.69) is 33.8 Å². The number of ether oxygens (including phenoxy) is 2. The van der Waals surface area contributed by atoms with Crippen LogP contribution in [0, 0.1) is 0 Å². The Balaban J connectivity index is 2.44. The first-order valence-corrected chi connectivity index (χ1v) is 11.8. The van der Waals surface area contributed by atoms with E-state index in [4.69, 9.17) is 15.2 Å². The van der Waals surface area contributed by atoms with Gasteiger partial charge in [0.25, 0.3) is 5.56 Å². The summed E-state index contributed by atoms with van der Waals surface area (Å²) in [5.41, 5.74) is 9.40. The number of pyridine rings is 1. The van der Waals surface area contributed by atoms with E-state index >= 15 is 0 Å². The Morgan fingerprint density at radius 2 is 1.82 bits per heavy atom. The number of aryl methyl sites for hydroxylation is 1. The van der Waals surface area contributed by atoms with E-state index in [1.54, 1.807) is 16.7 Å². The summed E-state index contributed by atoms with van der Waals surface area (Å²) in [4.78, 5) is 25.2. The van der Waals surface area contributed by atoms with Gasteiger partial charge in [0.1, 0.15) is 6.61 Å². The third-order valence-electron chi connectivity index (χ3n) is 5.43. The van der Waals surface area contributed by atoms with E-state index in [0.717, 1.165) is 38.5 Å². The number of allylic oxidation sites excluding steroid dienone is 3. The van der Waals surface area contributed by atoms with Crippen molar-refractivity contribution in [2.24, 2.45) is 0 Å². The zero-order valence-electron chi connectivity index (χ0n) is 20.7. The SMILES string of the molecule is CCCCCCn1c(=O)c(OC(C)=O)c(OCC=C(C)CCC=C(C)C)c2ccc(N)cc21. The Morgan fingerprint density at radius 1 is 1.06 bits per heavy atom. The number of nitrogen functional groups attached to an aromatic ring is 1. The molecule has 0 saturated carbocycles. The molecule has 0 aliphatic rings. The summed E-state index contributed by atoms with van der Waals surface area (Å²) in [6.45, 7) is 10.5. The van der Waals surface area contributed by atoms with Gasteiger partial charge < -0.3 is 19.8 Å². The van der Waals surface area contributed by atoms with Crippen molar-refractivity contribution in [3.05, 3.63) is 51.9 Å². The van der Waals surface area contributed by atoms with Crippen molar-refractivity contribution in [3.63, 3.8) is 0 Å². The van der Waals surface area contributed by atoms with Crippen molar-refractivity contribution in [2.75, 3.05) is 12.3 Å². The predicted octanol–water partition coefficient (Wildman–Crippen LogP) is 6.16. The summed E-state index contributed by atoms with van der Waals surface area (Å²) >= 11 is 0. The van der Waals surface area contributed by atoms with Crippen molar-refractivity contribution in [3.8, 4) is 11.5 Å².